The number of rotatable bonds is 1. The Morgan fingerprint density at radius 2 is 2.29 bits per heavy atom. The maximum Gasteiger partial charge on any atom is 0.106 e. The highest BCUT2D eigenvalue weighted by molar-refractivity contribution is 5.31. The molecule has 4 heteroatoms. The molecule has 0 aromatic heterocycles. The number of ether oxygens (including phenoxy) is 1. The van der Waals surface area contributed by atoms with Crippen molar-refractivity contribution in [1.82, 2.24) is 5.32 Å². The zero-order chi connectivity index (χ0) is 9.97. The Balaban J connectivity index is 2.14. The standard InChI is InChI=1S/C10H15N3O/c11-8-1-4-13-10(9(8)12)7-2-5-14-6-3-7/h1-5,8-10,13H,6,11-12H2. The van der Waals surface area contributed by atoms with Gasteiger partial charge in [-0.1, -0.05) is 6.08 Å². The molecule has 0 bridgehead atoms. The maximum atomic E-state index is 6.00. The van der Waals surface area contributed by atoms with E-state index >= 15 is 0 Å². The van der Waals surface area contributed by atoms with Crippen molar-refractivity contribution in [3.63, 3.8) is 0 Å². The van der Waals surface area contributed by atoms with Gasteiger partial charge in [-0.3, -0.25) is 0 Å². The van der Waals surface area contributed by atoms with Gasteiger partial charge in [0.1, 0.15) is 6.61 Å². The van der Waals surface area contributed by atoms with Gasteiger partial charge in [0.25, 0.3) is 0 Å². The normalized spacial score (nSPS) is 35.9. The van der Waals surface area contributed by atoms with Crippen LogP contribution in [-0.4, -0.2) is 24.7 Å². The van der Waals surface area contributed by atoms with Crippen molar-refractivity contribution in [3.8, 4) is 0 Å². The molecule has 3 atom stereocenters. The molecule has 2 heterocycles. The van der Waals surface area contributed by atoms with Crippen LogP contribution in [0, 0.1) is 0 Å². The largest absolute Gasteiger partial charge is 0.497 e. The van der Waals surface area contributed by atoms with Crippen LogP contribution in [0.3, 0.4) is 0 Å². The van der Waals surface area contributed by atoms with Crippen molar-refractivity contribution in [2.45, 2.75) is 18.1 Å². The van der Waals surface area contributed by atoms with Crippen molar-refractivity contribution in [2.24, 2.45) is 11.5 Å². The first-order chi connectivity index (χ1) is 6.79. The molecule has 76 valence electrons. The third kappa shape index (κ3) is 1.66. The van der Waals surface area contributed by atoms with Gasteiger partial charge in [0.2, 0.25) is 0 Å². The lowest BCUT2D eigenvalue weighted by Gasteiger charge is -2.32. The lowest BCUT2D eigenvalue weighted by molar-refractivity contribution is 0.281. The molecule has 0 spiro atoms. The molecular weight excluding hydrogens is 178 g/mol. The zero-order valence-corrected chi connectivity index (χ0v) is 7.89. The van der Waals surface area contributed by atoms with E-state index in [4.69, 9.17) is 16.2 Å². The highest BCUT2D eigenvalue weighted by Gasteiger charge is 2.26. The average molecular weight is 193 g/mol. The SMILES string of the molecule is NC1C=CNC(C2=CCOC=C2)C1N. The van der Waals surface area contributed by atoms with E-state index in [2.05, 4.69) is 5.32 Å². The van der Waals surface area contributed by atoms with Crippen LogP contribution in [0.15, 0.2) is 36.3 Å². The van der Waals surface area contributed by atoms with Crippen molar-refractivity contribution in [3.05, 3.63) is 36.3 Å². The summed E-state index contributed by atoms with van der Waals surface area (Å²) in [7, 11) is 0. The fourth-order valence-corrected chi connectivity index (χ4v) is 1.68. The lowest BCUT2D eigenvalue weighted by Crippen LogP contribution is -2.56. The first kappa shape index (κ1) is 9.30. The summed E-state index contributed by atoms with van der Waals surface area (Å²) in [6.45, 7) is 0.607. The third-order valence-corrected chi connectivity index (χ3v) is 2.55. The van der Waals surface area contributed by atoms with E-state index in [1.807, 2.05) is 24.4 Å². The van der Waals surface area contributed by atoms with Gasteiger partial charge < -0.3 is 21.5 Å². The molecule has 14 heavy (non-hydrogen) atoms. The molecule has 2 aliphatic heterocycles. The van der Waals surface area contributed by atoms with E-state index in [0.29, 0.717) is 6.61 Å². The van der Waals surface area contributed by atoms with Crippen LogP contribution in [0.25, 0.3) is 0 Å². The van der Waals surface area contributed by atoms with Gasteiger partial charge in [-0.2, -0.15) is 0 Å². The fourth-order valence-electron chi connectivity index (χ4n) is 1.68. The van der Waals surface area contributed by atoms with Gasteiger partial charge in [-0.05, 0) is 23.9 Å². The number of hydrogen-bond donors (Lipinski definition) is 3. The van der Waals surface area contributed by atoms with Crippen LogP contribution in [0.5, 0.6) is 0 Å². The molecule has 0 saturated heterocycles. The second-order valence-electron chi connectivity index (χ2n) is 3.50. The molecule has 2 rings (SSSR count). The molecule has 0 amide bonds. The summed E-state index contributed by atoms with van der Waals surface area (Å²) in [6, 6.07) is -0.0810. The Kier molecular flexibility index (Phi) is 2.56. The predicted octanol–water partition coefficient (Wildman–Crippen LogP) is -0.403. The van der Waals surface area contributed by atoms with Gasteiger partial charge in [0, 0.05) is 12.1 Å². The topological polar surface area (TPSA) is 73.3 Å². The maximum absolute atomic E-state index is 6.00. The number of hydrogen-bond acceptors (Lipinski definition) is 4. The number of nitrogens with one attached hydrogen (secondary N) is 1. The van der Waals surface area contributed by atoms with Gasteiger partial charge >= 0.3 is 0 Å². The van der Waals surface area contributed by atoms with Crippen LogP contribution in [0.2, 0.25) is 0 Å². The Labute approximate surface area is 83.3 Å². The summed E-state index contributed by atoms with van der Waals surface area (Å²) in [5, 5.41) is 3.21. The Morgan fingerprint density at radius 1 is 1.43 bits per heavy atom. The van der Waals surface area contributed by atoms with Gasteiger partial charge in [-0.15, -0.1) is 0 Å². The van der Waals surface area contributed by atoms with Gasteiger partial charge in [0.05, 0.1) is 12.3 Å². The average Bonchev–Trinajstić information content (AvgIpc) is 2.23. The zero-order valence-electron chi connectivity index (χ0n) is 7.89. The minimum Gasteiger partial charge on any atom is -0.497 e. The van der Waals surface area contributed by atoms with Crippen LogP contribution >= 0.6 is 0 Å². The van der Waals surface area contributed by atoms with Crippen molar-refractivity contribution >= 4 is 0 Å². The second kappa shape index (κ2) is 3.86. The summed E-state index contributed by atoms with van der Waals surface area (Å²) in [5.74, 6) is 0. The minimum absolute atomic E-state index is 0.0848. The van der Waals surface area contributed by atoms with E-state index in [-0.39, 0.29) is 18.1 Å². The fraction of sp³-hybridized carbons (Fsp3) is 0.400. The van der Waals surface area contributed by atoms with E-state index in [9.17, 15) is 0 Å². The predicted molar refractivity (Wildman–Crippen MR) is 55.2 cm³/mol. The first-order valence-electron chi connectivity index (χ1n) is 4.71. The molecule has 0 aromatic carbocycles. The molecule has 0 aliphatic carbocycles. The minimum atomic E-state index is -0.0889. The summed E-state index contributed by atoms with van der Waals surface area (Å²) in [4.78, 5) is 0. The molecule has 0 saturated carbocycles. The first-order valence-corrected chi connectivity index (χ1v) is 4.71. The van der Waals surface area contributed by atoms with Crippen molar-refractivity contribution < 1.29 is 4.74 Å². The van der Waals surface area contributed by atoms with Gasteiger partial charge in [-0.25, -0.2) is 0 Å². The van der Waals surface area contributed by atoms with Crippen LogP contribution in [0.1, 0.15) is 0 Å². The van der Waals surface area contributed by atoms with E-state index in [1.165, 1.54) is 0 Å². The lowest BCUT2D eigenvalue weighted by atomic mass is 9.92. The summed E-state index contributed by atoms with van der Waals surface area (Å²) < 4.78 is 5.08. The highest BCUT2D eigenvalue weighted by Crippen LogP contribution is 2.15. The van der Waals surface area contributed by atoms with E-state index in [0.717, 1.165) is 5.57 Å². The van der Waals surface area contributed by atoms with Crippen LogP contribution < -0.4 is 16.8 Å². The molecule has 0 aromatic rings. The summed E-state index contributed by atoms with van der Waals surface area (Å²) in [5.41, 5.74) is 13.0. The molecule has 0 fully saturated rings. The van der Waals surface area contributed by atoms with Crippen molar-refractivity contribution in [1.29, 1.82) is 0 Å². The molecular formula is C10H15N3O. The van der Waals surface area contributed by atoms with Crippen LogP contribution in [0.4, 0.5) is 0 Å². The molecule has 0 radical (unpaired) electrons. The Hall–Kier alpha value is -1.26. The third-order valence-electron chi connectivity index (χ3n) is 2.55. The van der Waals surface area contributed by atoms with Crippen molar-refractivity contribution in [2.75, 3.05) is 6.61 Å². The number of nitrogens with two attached hydrogens (primary N) is 2. The molecule has 4 nitrogen and oxygen atoms in total. The Bertz CT molecular complexity index is 296. The van der Waals surface area contributed by atoms with E-state index in [1.54, 1.807) is 6.26 Å². The van der Waals surface area contributed by atoms with Crippen LogP contribution in [-0.2, 0) is 4.74 Å². The smallest absolute Gasteiger partial charge is 0.106 e. The highest BCUT2D eigenvalue weighted by atomic mass is 16.5. The molecule has 2 aliphatic rings. The molecule has 5 N–H and O–H groups in total. The summed E-state index contributed by atoms with van der Waals surface area (Å²) >= 11 is 0. The summed E-state index contributed by atoms with van der Waals surface area (Å²) in [6.07, 6.45) is 9.37. The van der Waals surface area contributed by atoms with E-state index < -0.39 is 0 Å². The Morgan fingerprint density at radius 3 is 3.00 bits per heavy atom. The van der Waals surface area contributed by atoms with Gasteiger partial charge in [0.15, 0.2) is 0 Å². The monoisotopic (exact) mass is 193 g/mol. The second-order valence-corrected chi connectivity index (χ2v) is 3.50. The quantitative estimate of drug-likeness (QED) is 0.529. The molecule has 3 unspecified atom stereocenters.